The number of benzene rings is 2. The standard InChI is InChI=1S/C23H22BrN3O4S2/c1-3-26(4-2)20(28)14-31-18-11-5-15(6-12-18)13-19-22(30)27(23(32)33-19)25-21(29)16-7-9-17(24)10-8-16/h5-13H,3-4,14H2,1-2H3,(H,25,29)/b19-13+. The summed E-state index contributed by atoms with van der Waals surface area (Å²) in [6, 6.07) is 13.8. The molecular formula is C23H22BrN3O4S2. The minimum absolute atomic E-state index is 0.0300. The Bertz CT molecular complexity index is 1080. The average Bonchev–Trinajstić information content (AvgIpc) is 3.07. The molecule has 0 atom stereocenters. The molecule has 172 valence electrons. The van der Waals surface area contributed by atoms with E-state index in [2.05, 4.69) is 21.4 Å². The Balaban J connectivity index is 1.62. The summed E-state index contributed by atoms with van der Waals surface area (Å²) in [5.74, 6) is -0.346. The van der Waals surface area contributed by atoms with E-state index in [1.165, 1.54) is 0 Å². The molecule has 1 fully saturated rings. The molecule has 0 aliphatic carbocycles. The molecule has 0 saturated carbocycles. The fourth-order valence-corrected chi connectivity index (χ4v) is 4.40. The number of halogens is 1. The second kappa shape index (κ2) is 11.4. The number of carbonyl (C=O) groups is 3. The first kappa shape index (κ1) is 24.9. The molecule has 1 aliphatic heterocycles. The summed E-state index contributed by atoms with van der Waals surface area (Å²) in [6.45, 7) is 5.09. The second-order valence-electron chi connectivity index (χ2n) is 6.89. The molecule has 0 spiro atoms. The van der Waals surface area contributed by atoms with Crippen molar-refractivity contribution in [3.05, 3.63) is 69.0 Å². The van der Waals surface area contributed by atoms with Crippen LogP contribution in [-0.4, -0.2) is 51.6 Å². The van der Waals surface area contributed by atoms with Crippen LogP contribution < -0.4 is 10.2 Å². The number of carbonyl (C=O) groups excluding carboxylic acids is 3. The van der Waals surface area contributed by atoms with Gasteiger partial charge in [0.1, 0.15) is 5.75 Å². The lowest BCUT2D eigenvalue weighted by molar-refractivity contribution is -0.133. The van der Waals surface area contributed by atoms with Gasteiger partial charge >= 0.3 is 0 Å². The highest BCUT2D eigenvalue weighted by atomic mass is 79.9. The van der Waals surface area contributed by atoms with Gasteiger partial charge in [-0.15, -0.1) is 0 Å². The third kappa shape index (κ3) is 6.43. The highest BCUT2D eigenvalue weighted by molar-refractivity contribution is 9.10. The van der Waals surface area contributed by atoms with Gasteiger partial charge in [0, 0.05) is 23.1 Å². The van der Waals surface area contributed by atoms with Crippen molar-refractivity contribution in [3.63, 3.8) is 0 Å². The predicted octanol–water partition coefficient (Wildman–Crippen LogP) is 4.24. The van der Waals surface area contributed by atoms with Crippen LogP contribution >= 0.6 is 39.9 Å². The Morgan fingerprint density at radius 3 is 2.36 bits per heavy atom. The van der Waals surface area contributed by atoms with E-state index in [9.17, 15) is 14.4 Å². The van der Waals surface area contributed by atoms with Crippen LogP contribution in [0.4, 0.5) is 0 Å². The maximum atomic E-state index is 12.8. The van der Waals surface area contributed by atoms with E-state index < -0.39 is 11.8 Å². The Morgan fingerprint density at radius 1 is 1.12 bits per heavy atom. The number of hydrazine groups is 1. The molecule has 0 unspecified atom stereocenters. The lowest BCUT2D eigenvalue weighted by Crippen LogP contribution is -2.44. The second-order valence-corrected chi connectivity index (χ2v) is 9.48. The maximum Gasteiger partial charge on any atom is 0.285 e. The molecule has 0 aromatic heterocycles. The number of thioether (sulfide) groups is 1. The number of nitrogens with zero attached hydrogens (tertiary/aromatic N) is 2. The number of nitrogens with one attached hydrogen (secondary N) is 1. The zero-order valence-corrected chi connectivity index (χ0v) is 21.3. The van der Waals surface area contributed by atoms with Gasteiger partial charge in [-0.05, 0) is 74.1 Å². The molecule has 0 bridgehead atoms. The van der Waals surface area contributed by atoms with Crippen molar-refractivity contribution in [1.82, 2.24) is 15.3 Å². The number of hydrogen-bond acceptors (Lipinski definition) is 6. The Hall–Kier alpha value is -2.69. The van der Waals surface area contributed by atoms with Crippen LogP contribution in [0.1, 0.15) is 29.8 Å². The molecule has 1 heterocycles. The van der Waals surface area contributed by atoms with Crippen LogP contribution in [0, 0.1) is 0 Å². The Labute approximate surface area is 210 Å². The van der Waals surface area contributed by atoms with Gasteiger partial charge in [-0.1, -0.05) is 39.8 Å². The van der Waals surface area contributed by atoms with E-state index >= 15 is 0 Å². The van der Waals surface area contributed by atoms with Crippen LogP contribution in [0.5, 0.6) is 5.75 Å². The van der Waals surface area contributed by atoms with Gasteiger partial charge in [0.05, 0.1) is 4.91 Å². The molecule has 2 aromatic rings. The van der Waals surface area contributed by atoms with Gasteiger partial charge < -0.3 is 9.64 Å². The summed E-state index contributed by atoms with van der Waals surface area (Å²) in [5, 5.41) is 1.08. The van der Waals surface area contributed by atoms with Gasteiger partial charge in [0.25, 0.3) is 17.7 Å². The highest BCUT2D eigenvalue weighted by Gasteiger charge is 2.33. The molecule has 1 N–H and O–H groups in total. The van der Waals surface area contributed by atoms with Crippen LogP contribution in [0.3, 0.4) is 0 Å². The third-order valence-electron chi connectivity index (χ3n) is 4.77. The van der Waals surface area contributed by atoms with Crippen LogP contribution in [0.25, 0.3) is 6.08 Å². The van der Waals surface area contributed by atoms with E-state index in [1.807, 2.05) is 13.8 Å². The molecule has 7 nitrogen and oxygen atoms in total. The molecular weight excluding hydrogens is 526 g/mol. The number of thiocarbonyl (C=S) groups is 1. The van der Waals surface area contributed by atoms with Crippen molar-refractivity contribution in [2.45, 2.75) is 13.8 Å². The molecule has 1 saturated heterocycles. The monoisotopic (exact) mass is 547 g/mol. The summed E-state index contributed by atoms with van der Waals surface area (Å²) in [6.07, 6.45) is 1.69. The third-order valence-corrected chi connectivity index (χ3v) is 6.60. The number of amides is 3. The van der Waals surface area contributed by atoms with Gasteiger partial charge in [-0.2, -0.15) is 5.01 Å². The summed E-state index contributed by atoms with van der Waals surface area (Å²) in [4.78, 5) is 39.4. The van der Waals surface area contributed by atoms with E-state index in [-0.39, 0.29) is 16.8 Å². The Morgan fingerprint density at radius 2 is 1.76 bits per heavy atom. The summed E-state index contributed by atoms with van der Waals surface area (Å²) in [7, 11) is 0. The topological polar surface area (TPSA) is 79.0 Å². The fourth-order valence-electron chi connectivity index (χ4n) is 2.96. The molecule has 33 heavy (non-hydrogen) atoms. The van der Waals surface area contributed by atoms with Crippen molar-refractivity contribution in [3.8, 4) is 5.75 Å². The van der Waals surface area contributed by atoms with Gasteiger partial charge in [0.15, 0.2) is 10.9 Å². The first-order valence-electron chi connectivity index (χ1n) is 10.2. The van der Waals surface area contributed by atoms with Crippen LogP contribution in [0.2, 0.25) is 0 Å². The quantitative estimate of drug-likeness (QED) is 0.393. The van der Waals surface area contributed by atoms with Gasteiger partial charge in [0.2, 0.25) is 0 Å². The lowest BCUT2D eigenvalue weighted by Gasteiger charge is -2.18. The van der Waals surface area contributed by atoms with E-state index in [0.29, 0.717) is 29.3 Å². The smallest absolute Gasteiger partial charge is 0.285 e. The highest BCUT2D eigenvalue weighted by Crippen LogP contribution is 2.31. The van der Waals surface area contributed by atoms with E-state index in [0.717, 1.165) is 26.8 Å². The average molecular weight is 548 g/mol. The van der Waals surface area contributed by atoms with Crippen molar-refractivity contribution in [2.75, 3.05) is 19.7 Å². The predicted molar refractivity (Wildman–Crippen MR) is 136 cm³/mol. The number of rotatable bonds is 8. The zero-order chi connectivity index (χ0) is 24.0. The van der Waals surface area contributed by atoms with Crippen molar-refractivity contribution < 1.29 is 19.1 Å². The zero-order valence-electron chi connectivity index (χ0n) is 18.0. The molecule has 2 aromatic carbocycles. The van der Waals surface area contributed by atoms with E-state index in [1.54, 1.807) is 59.5 Å². The minimum atomic E-state index is -0.430. The summed E-state index contributed by atoms with van der Waals surface area (Å²) < 4.78 is 6.65. The molecule has 3 amide bonds. The molecule has 10 heteroatoms. The summed E-state index contributed by atoms with van der Waals surface area (Å²) in [5.41, 5.74) is 3.73. The van der Waals surface area contributed by atoms with Gasteiger partial charge in [-0.3, -0.25) is 19.8 Å². The largest absolute Gasteiger partial charge is 0.484 e. The summed E-state index contributed by atoms with van der Waals surface area (Å²) >= 11 is 9.70. The van der Waals surface area contributed by atoms with Crippen molar-refractivity contribution in [2.24, 2.45) is 0 Å². The van der Waals surface area contributed by atoms with Crippen LogP contribution in [-0.2, 0) is 9.59 Å². The normalized spacial score (nSPS) is 14.5. The van der Waals surface area contributed by atoms with Gasteiger partial charge in [-0.25, -0.2) is 0 Å². The van der Waals surface area contributed by atoms with E-state index in [4.69, 9.17) is 17.0 Å². The van der Waals surface area contributed by atoms with Crippen LogP contribution in [0.15, 0.2) is 57.9 Å². The number of ether oxygens (including phenoxy) is 1. The Kier molecular flexibility index (Phi) is 8.65. The lowest BCUT2D eigenvalue weighted by atomic mass is 10.2. The molecule has 3 rings (SSSR count). The first-order chi connectivity index (χ1) is 15.8. The SMILES string of the molecule is CCN(CC)C(=O)COc1ccc(/C=C2/SC(=S)N(NC(=O)c3ccc(Br)cc3)C2=O)cc1. The molecule has 0 radical (unpaired) electrons. The molecule has 1 aliphatic rings. The minimum Gasteiger partial charge on any atom is -0.484 e. The fraction of sp³-hybridized carbons (Fsp3) is 0.217. The number of likely N-dealkylation sites (N-methyl/N-ethyl adjacent to an activating group) is 1. The first-order valence-corrected chi connectivity index (χ1v) is 12.2. The number of hydrogen-bond donors (Lipinski definition) is 1. The van der Waals surface area contributed by atoms with Crippen molar-refractivity contribution in [1.29, 1.82) is 0 Å². The maximum absolute atomic E-state index is 12.8. The van der Waals surface area contributed by atoms with Crippen molar-refractivity contribution >= 4 is 68.0 Å².